The number of nitrogens with zero attached hydrogens (tertiary/aromatic N) is 5. The molecule has 6 nitrogen and oxygen atoms in total. The highest BCUT2D eigenvalue weighted by Gasteiger charge is 2.37. The quantitative estimate of drug-likeness (QED) is 0.533. The van der Waals surface area contributed by atoms with Gasteiger partial charge in [-0.1, -0.05) is 32.6 Å². The van der Waals surface area contributed by atoms with Crippen LogP contribution in [0.1, 0.15) is 39.3 Å². The average Bonchev–Trinajstić information content (AvgIpc) is 2.80. The van der Waals surface area contributed by atoms with Crippen LogP contribution in [0.4, 0.5) is 15.9 Å². The molecule has 1 unspecified atom stereocenters. The van der Waals surface area contributed by atoms with Crippen molar-refractivity contribution in [1.82, 2.24) is 14.5 Å². The van der Waals surface area contributed by atoms with Gasteiger partial charge in [-0.05, 0) is 49.6 Å². The van der Waals surface area contributed by atoms with Crippen molar-refractivity contribution in [3.8, 4) is 0 Å². The van der Waals surface area contributed by atoms with Crippen LogP contribution in [0.25, 0.3) is 15.9 Å². The topological polar surface area (TPSA) is 45.7 Å². The van der Waals surface area contributed by atoms with Crippen LogP contribution in [0.3, 0.4) is 0 Å². The third-order valence-corrected chi connectivity index (χ3v) is 6.92. The van der Waals surface area contributed by atoms with Crippen molar-refractivity contribution in [2.75, 3.05) is 18.0 Å². The van der Waals surface area contributed by atoms with Gasteiger partial charge in [0, 0.05) is 44.3 Å². The van der Waals surface area contributed by atoms with Crippen molar-refractivity contribution in [2.45, 2.75) is 45.8 Å². The second kappa shape index (κ2) is 8.95. The van der Waals surface area contributed by atoms with Crippen LogP contribution in [-0.4, -0.2) is 39.6 Å². The van der Waals surface area contributed by atoms with Gasteiger partial charge in [-0.25, -0.2) is 4.39 Å². The van der Waals surface area contributed by atoms with E-state index in [0.29, 0.717) is 17.3 Å². The van der Waals surface area contributed by atoms with E-state index in [2.05, 4.69) is 47.3 Å². The monoisotopic (exact) mass is 447 g/mol. The first-order valence-electron chi connectivity index (χ1n) is 11.4. The normalized spacial score (nSPS) is 20.2. The summed E-state index contributed by atoms with van der Waals surface area (Å²) >= 11 is 0. The molecule has 0 amide bonds. The lowest BCUT2D eigenvalue weighted by atomic mass is 9.93. The smallest absolute Gasteiger partial charge is 0.270 e. The third kappa shape index (κ3) is 4.23. The van der Waals surface area contributed by atoms with Crippen LogP contribution in [0, 0.1) is 18.3 Å². The number of benzene rings is 1. The molecule has 3 heterocycles. The fourth-order valence-electron chi connectivity index (χ4n) is 4.92. The van der Waals surface area contributed by atoms with Gasteiger partial charge in [-0.3, -0.25) is 9.69 Å². The summed E-state index contributed by atoms with van der Waals surface area (Å²) in [5.74, 6) is 0.413. The lowest BCUT2D eigenvalue weighted by molar-refractivity contribution is 0.103. The van der Waals surface area contributed by atoms with Crippen molar-refractivity contribution < 1.29 is 4.39 Å². The Labute approximate surface area is 194 Å². The van der Waals surface area contributed by atoms with E-state index in [1.807, 2.05) is 12.1 Å². The Bertz CT molecular complexity index is 1260. The SMILES string of the molecule is [C-]#[N+]c1ccc2c(n1)c(N1C[C@H](C)N(C(C)c3ccc(F)cc3)C[C@@H]1C(C)C)cc(=O)n2C. The molecule has 7 heteroatoms. The number of fused-ring (bicyclic) bond motifs is 1. The summed E-state index contributed by atoms with van der Waals surface area (Å²) in [4.78, 5) is 25.7. The summed E-state index contributed by atoms with van der Waals surface area (Å²) in [7, 11) is 1.73. The maximum Gasteiger partial charge on any atom is 0.270 e. The van der Waals surface area contributed by atoms with E-state index >= 15 is 0 Å². The zero-order chi connectivity index (χ0) is 23.9. The lowest BCUT2D eigenvalue weighted by Gasteiger charge is -2.50. The van der Waals surface area contributed by atoms with E-state index in [-0.39, 0.29) is 29.5 Å². The van der Waals surface area contributed by atoms with Crippen LogP contribution in [0.15, 0.2) is 47.3 Å². The van der Waals surface area contributed by atoms with Crippen molar-refractivity contribution in [2.24, 2.45) is 13.0 Å². The Morgan fingerprint density at radius 3 is 2.45 bits per heavy atom. The standard InChI is InChI=1S/C26H30FN5O/c1-16(2)23-15-31(18(4)19-7-9-20(27)10-8-19)17(3)14-32(23)22-13-25(33)30(6)21-11-12-24(28-5)29-26(21)22/h7-13,16-18,23H,14-15H2,1-4,6H3/t17-,18?,23+/m0/s1. The zero-order valence-electron chi connectivity index (χ0n) is 19.8. The minimum Gasteiger partial charge on any atom is -0.362 e. The van der Waals surface area contributed by atoms with Gasteiger partial charge in [-0.2, -0.15) is 0 Å². The number of aromatic nitrogens is 2. The second-order valence-electron chi connectivity index (χ2n) is 9.31. The Morgan fingerprint density at radius 1 is 1.12 bits per heavy atom. The number of aryl methyl sites for hydroxylation is 1. The molecule has 0 bridgehead atoms. The number of piperazine rings is 1. The van der Waals surface area contributed by atoms with Crippen LogP contribution < -0.4 is 10.5 Å². The minimum atomic E-state index is -0.229. The molecule has 1 aliphatic rings. The van der Waals surface area contributed by atoms with Crippen molar-refractivity contribution in [3.05, 3.63) is 75.6 Å². The van der Waals surface area contributed by atoms with Gasteiger partial charge in [0.2, 0.25) is 5.52 Å². The summed E-state index contributed by atoms with van der Waals surface area (Å²) < 4.78 is 15.0. The molecule has 0 aliphatic carbocycles. The third-order valence-electron chi connectivity index (χ3n) is 6.92. The highest BCUT2D eigenvalue weighted by molar-refractivity contribution is 5.89. The summed E-state index contributed by atoms with van der Waals surface area (Å²) in [6.07, 6.45) is 0. The molecule has 0 saturated carbocycles. The van der Waals surface area contributed by atoms with E-state index < -0.39 is 0 Å². The molecular weight excluding hydrogens is 417 g/mol. The molecule has 1 aliphatic heterocycles. The molecule has 172 valence electrons. The largest absolute Gasteiger partial charge is 0.362 e. The van der Waals surface area contributed by atoms with Crippen molar-refractivity contribution in [3.63, 3.8) is 0 Å². The molecular formula is C26H30FN5O. The maximum absolute atomic E-state index is 13.4. The van der Waals surface area contributed by atoms with E-state index in [1.165, 1.54) is 12.1 Å². The molecule has 3 aromatic rings. The summed E-state index contributed by atoms with van der Waals surface area (Å²) in [6, 6.07) is 12.3. The number of hydrogen-bond acceptors (Lipinski definition) is 4. The highest BCUT2D eigenvalue weighted by atomic mass is 19.1. The van der Waals surface area contributed by atoms with Gasteiger partial charge in [0.1, 0.15) is 5.82 Å². The summed E-state index contributed by atoms with van der Waals surface area (Å²) in [5, 5.41) is 0. The molecule has 0 radical (unpaired) electrons. The van der Waals surface area contributed by atoms with Crippen LogP contribution in [-0.2, 0) is 7.05 Å². The first-order chi connectivity index (χ1) is 15.7. The molecule has 3 atom stereocenters. The Morgan fingerprint density at radius 2 is 1.82 bits per heavy atom. The fourth-order valence-corrected chi connectivity index (χ4v) is 4.92. The molecule has 33 heavy (non-hydrogen) atoms. The predicted octanol–water partition coefficient (Wildman–Crippen LogP) is 4.92. The lowest BCUT2D eigenvalue weighted by Crippen LogP contribution is -2.59. The minimum absolute atomic E-state index is 0.0906. The number of pyridine rings is 2. The van der Waals surface area contributed by atoms with Gasteiger partial charge in [0.15, 0.2) is 0 Å². The van der Waals surface area contributed by atoms with E-state index in [0.717, 1.165) is 29.9 Å². The maximum atomic E-state index is 13.4. The predicted molar refractivity (Wildman–Crippen MR) is 130 cm³/mol. The average molecular weight is 448 g/mol. The molecule has 1 saturated heterocycles. The van der Waals surface area contributed by atoms with Gasteiger partial charge >= 0.3 is 0 Å². The number of halogens is 1. The van der Waals surface area contributed by atoms with Gasteiger partial charge in [0.25, 0.3) is 11.4 Å². The Kier molecular flexibility index (Phi) is 6.22. The number of rotatable bonds is 4. The Hall–Kier alpha value is -3.24. The van der Waals surface area contributed by atoms with Crippen LogP contribution >= 0.6 is 0 Å². The van der Waals surface area contributed by atoms with Crippen molar-refractivity contribution >= 4 is 22.5 Å². The Balaban J connectivity index is 1.76. The summed E-state index contributed by atoms with van der Waals surface area (Å²) in [5.41, 5.74) is 3.19. The van der Waals surface area contributed by atoms with E-state index in [1.54, 1.807) is 29.8 Å². The second-order valence-corrected chi connectivity index (χ2v) is 9.31. The zero-order valence-corrected chi connectivity index (χ0v) is 19.8. The van der Waals surface area contributed by atoms with Crippen LogP contribution in [0.2, 0.25) is 0 Å². The molecule has 1 fully saturated rings. The van der Waals surface area contributed by atoms with Gasteiger partial charge in [-0.15, -0.1) is 4.98 Å². The number of hydrogen-bond donors (Lipinski definition) is 0. The highest BCUT2D eigenvalue weighted by Crippen LogP contribution is 2.35. The van der Waals surface area contributed by atoms with Crippen LogP contribution in [0.5, 0.6) is 0 Å². The van der Waals surface area contributed by atoms with E-state index in [9.17, 15) is 9.18 Å². The summed E-state index contributed by atoms with van der Waals surface area (Å²) in [6.45, 7) is 17.6. The molecule has 0 spiro atoms. The first kappa shape index (κ1) is 22.9. The molecule has 0 N–H and O–H groups in total. The fraction of sp³-hybridized carbons (Fsp3) is 0.423. The van der Waals surface area contributed by atoms with Gasteiger partial charge in [0.05, 0.1) is 11.2 Å². The molecule has 2 aromatic heterocycles. The molecule has 1 aromatic carbocycles. The number of anilines is 1. The van der Waals surface area contributed by atoms with Crippen molar-refractivity contribution in [1.29, 1.82) is 0 Å². The first-order valence-corrected chi connectivity index (χ1v) is 11.4. The molecule has 4 rings (SSSR count). The van der Waals surface area contributed by atoms with Gasteiger partial charge < -0.3 is 14.3 Å². The van der Waals surface area contributed by atoms with E-state index in [4.69, 9.17) is 6.57 Å².